The molecule has 1 atom stereocenters. The maximum atomic E-state index is 13.9. The summed E-state index contributed by atoms with van der Waals surface area (Å²) >= 11 is 0. The molecular formula is C17H24BFO5. The molecule has 1 aliphatic heterocycles. The number of hydrogen-bond acceptors (Lipinski definition) is 5. The van der Waals surface area contributed by atoms with Gasteiger partial charge < -0.3 is 18.8 Å². The monoisotopic (exact) mass is 338 g/mol. The molecule has 1 aliphatic rings. The molecule has 1 saturated heterocycles. The molecule has 1 aromatic rings. The highest BCUT2D eigenvalue weighted by Crippen LogP contribution is 2.42. The van der Waals surface area contributed by atoms with Gasteiger partial charge in [-0.1, -0.05) is 0 Å². The minimum absolute atomic E-state index is 0.0138. The highest BCUT2D eigenvalue weighted by Gasteiger charge is 2.54. The second-order valence-electron chi connectivity index (χ2n) is 6.94. The summed E-state index contributed by atoms with van der Waals surface area (Å²) in [7, 11) is 2.08. The SMILES string of the molecule is COC(=O)CC(B1OC(C)(C)C(C)(C)O1)c1cc(F)cc(OC)c1. The molecule has 7 heteroatoms. The normalized spacial score (nSPS) is 19.9. The van der Waals surface area contributed by atoms with Crippen molar-refractivity contribution in [2.24, 2.45) is 0 Å². The van der Waals surface area contributed by atoms with Crippen LogP contribution >= 0.6 is 0 Å². The van der Waals surface area contributed by atoms with Gasteiger partial charge in [-0.05, 0) is 45.4 Å². The molecule has 1 fully saturated rings. The summed E-state index contributed by atoms with van der Waals surface area (Å²) in [5, 5.41) is 0. The van der Waals surface area contributed by atoms with E-state index in [0.717, 1.165) is 0 Å². The Balaban J connectivity index is 2.39. The number of hydrogen-bond donors (Lipinski definition) is 0. The van der Waals surface area contributed by atoms with Crippen LogP contribution in [0.25, 0.3) is 0 Å². The summed E-state index contributed by atoms with van der Waals surface area (Å²) in [5.74, 6) is -1.01. The Morgan fingerprint density at radius 1 is 1.17 bits per heavy atom. The predicted molar refractivity (Wildman–Crippen MR) is 88.4 cm³/mol. The van der Waals surface area contributed by atoms with Crippen molar-refractivity contribution in [1.29, 1.82) is 0 Å². The van der Waals surface area contributed by atoms with Crippen molar-refractivity contribution in [3.05, 3.63) is 29.6 Å². The molecule has 0 saturated carbocycles. The lowest BCUT2D eigenvalue weighted by Gasteiger charge is -2.32. The molecule has 0 aliphatic carbocycles. The number of carbonyl (C=O) groups excluding carboxylic acids is 1. The van der Waals surface area contributed by atoms with Crippen molar-refractivity contribution in [3.8, 4) is 5.75 Å². The number of halogens is 1. The van der Waals surface area contributed by atoms with Gasteiger partial charge in [0.05, 0.1) is 31.8 Å². The summed E-state index contributed by atoms with van der Waals surface area (Å²) in [6, 6.07) is 4.33. The topological polar surface area (TPSA) is 54.0 Å². The molecule has 0 amide bonds. The Hall–Kier alpha value is -1.60. The van der Waals surface area contributed by atoms with Crippen LogP contribution in [-0.4, -0.2) is 38.5 Å². The van der Waals surface area contributed by atoms with Crippen molar-refractivity contribution in [3.63, 3.8) is 0 Å². The van der Waals surface area contributed by atoms with Gasteiger partial charge in [0.2, 0.25) is 0 Å². The van der Waals surface area contributed by atoms with E-state index >= 15 is 0 Å². The van der Waals surface area contributed by atoms with Crippen LogP contribution < -0.4 is 4.74 Å². The zero-order chi connectivity index (χ0) is 18.1. The Labute approximate surface area is 142 Å². The van der Waals surface area contributed by atoms with E-state index in [9.17, 15) is 9.18 Å². The molecule has 0 spiro atoms. The van der Waals surface area contributed by atoms with Gasteiger partial charge in [-0.2, -0.15) is 0 Å². The van der Waals surface area contributed by atoms with Gasteiger partial charge in [-0.15, -0.1) is 0 Å². The fourth-order valence-electron chi connectivity index (χ4n) is 2.60. The molecule has 0 bridgehead atoms. The van der Waals surface area contributed by atoms with E-state index in [-0.39, 0.29) is 6.42 Å². The lowest BCUT2D eigenvalue weighted by molar-refractivity contribution is -0.140. The van der Waals surface area contributed by atoms with Crippen LogP contribution in [0, 0.1) is 5.82 Å². The van der Waals surface area contributed by atoms with E-state index in [1.165, 1.54) is 26.4 Å². The van der Waals surface area contributed by atoms with Crippen LogP contribution in [0.2, 0.25) is 0 Å². The Bertz CT molecular complexity index is 601. The quantitative estimate of drug-likeness (QED) is 0.610. The maximum Gasteiger partial charge on any atom is 0.466 e. The van der Waals surface area contributed by atoms with E-state index in [2.05, 4.69) is 0 Å². The van der Waals surface area contributed by atoms with E-state index < -0.39 is 35.9 Å². The summed E-state index contributed by atoms with van der Waals surface area (Å²) in [4.78, 5) is 11.9. The first kappa shape index (κ1) is 18.7. The first-order valence-corrected chi connectivity index (χ1v) is 7.86. The summed E-state index contributed by atoms with van der Waals surface area (Å²) in [6.45, 7) is 7.70. The van der Waals surface area contributed by atoms with Gasteiger partial charge in [-0.3, -0.25) is 4.79 Å². The molecule has 0 N–H and O–H groups in total. The average Bonchev–Trinajstić information content (AvgIpc) is 2.71. The fraction of sp³-hybridized carbons (Fsp3) is 0.588. The number of carbonyl (C=O) groups is 1. The minimum Gasteiger partial charge on any atom is -0.497 e. The van der Waals surface area contributed by atoms with Gasteiger partial charge in [0.1, 0.15) is 11.6 Å². The molecular weight excluding hydrogens is 314 g/mol. The van der Waals surface area contributed by atoms with Crippen LogP contribution in [0.4, 0.5) is 4.39 Å². The second-order valence-corrected chi connectivity index (χ2v) is 6.94. The smallest absolute Gasteiger partial charge is 0.466 e. The van der Waals surface area contributed by atoms with Crippen LogP contribution in [0.3, 0.4) is 0 Å². The zero-order valence-electron chi connectivity index (χ0n) is 15.0. The largest absolute Gasteiger partial charge is 0.497 e. The Morgan fingerprint density at radius 3 is 2.25 bits per heavy atom. The third-order valence-corrected chi connectivity index (χ3v) is 4.77. The highest BCUT2D eigenvalue weighted by molar-refractivity contribution is 6.48. The number of methoxy groups -OCH3 is 2. The molecule has 132 valence electrons. The first-order valence-electron chi connectivity index (χ1n) is 7.86. The molecule has 1 unspecified atom stereocenters. The first-order chi connectivity index (χ1) is 11.1. The fourth-order valence-corrected chi connectivity index (χ4v) is 2.60. The van der Waals surface area contributed by atoms with Crippen LogP contribution in [-0.2, 0) is 18.8 Å². The van der Waals surface area contributed by atoms with Crippen LogP contribution in [0.1, 0.15) is 45.5 Å². The summed E-state index contributed by atoms with van der Waals surface area (Å²) < 4.78 is 35.9. The average molecular weight is 338 g/mol. The van der Waals surface area contributed by atoms with E-state index in [1.54, 1.807) is 6.07 Å². The van der Waals surface area contributed by atoms with Gasteiger partial charge in [0.15, 0.2) is 0 Å². The molecule has 1 heterocycles. The molecule has 5 nitrogen and oxygen atoms in total. The molecule has 0 radical (unpaired) electrons. The van der Waals surface area contributed by atoms with Crippen molar-refractivity contribution >= 4 is 13.1 Å². The third-order valence-electron chi connectivity index (χ3n) is 4.77. The molecule has 2 rings (SSSR count). The van der Waals surface area contributed by atoms with Gasteiger partial charge in [0.25, 0.3) is 0 Å². The van der Waals surface area contributed by atoms with Crippen molar-refractivity contribution in [1.82, 2.24) is 0 Å². The molecule has 1 aromatic carbocycles. The van der Waals surface area contributed by atoms with Gasteiger partial charge in [-0.25, -0.2) is 4.39 Å². The van der Waals surface area contributed by atoms with E-state index in [4.69, 9.17) is 18.8 Å². The summed E-state index contributed by atoms with van der Waals surface area (Å²) in [5.41, 5.74) is -0.539. The molecule has 24 heavy (non-hydrogen) atoms. The number of benzene rings is 1. The predicted octanol–water partition coefficient (Wildman–Crippen LogP) is 3.11. The number of ether oxygens (including phenoxy) is 2. The minimum atomic E-state index is -0.694. The highest BCUT2D eigenvalue weighted by atomic mass is 19.1. The lowest BCUT2D eigenvalue weighted by Crippen LogP contribution is -2.41. The van der Waals surface area contributed by atoms with Gasteiger partial charge in [0, 0.05) is 11.9 Å². The van der Waals surface area contributed by atoms with Crippen molar-refractivity contribution in [2.75, 3.05) is 14.2 Å². The van der Waals surface area contributed by atoms with Crippen LogP contribution in [0.15, 0.2) is 18.2 Å². The van der Waals surface area contributed by atoms with Crippen molar-refractivity contribution < 1.29 is 28.0 Å². The van der Waals surface area contributed by atoms with Crippen LogP contribution in [0.5, 0.6) is 5.75 Å². The number of rotatable bonds is 5. The Kier molecular flexibility index (Phi) is 5.25. The standard InChI is InChI=1S/C17H24BFO5/c1-16(2)17(3,4)24-18(23-16)14(10-15(20)22-6)11-7-12(19)9-13(8-11)21-5/h7-9,14H,10H2,1-6H3. The zero-order valence-corrected chi connectivity index (χ0v) is 15.0. The van der Waals surface area contributed by atoms with E-state index in [1.807, 2.05) is 27.7 Å². The number of esters is 1. The Morgan fingerprint density at radius 2 is 1.75 bits per heavy atom. The summed E-state index contributed by atoms with van der Waals surface area (Å²) in [6.07, 6.45) is 0.0138. The second kappa shape index (κ2) is 6.72. The maximum absolute atomic E-state index is 13.9. The lowest BCUT2D eigenvalue weighted by atomic mass is 9.66. The molecule has 0 aromatic heterocycles. The third kappa shape index (κ3) is 3.73. The van der Waals surface area contributed by atoms with E-state index in [0.29, 0.717) is 11.3 Å². The van der Waals surface area contributed by atoms with Gasteiger partial charge >= 0.3 is 13.1 Å². The van der Waals surface area contributed by atoms with Crippen molar-refractivity contribution in [2.45, 2.75) is 51.1 Å².